The van der Waals surface area contributed by atoms with Gasteiger partial charge in [0.15, 0.2) is 5.69 Å². The van der Waals surface area contributed by atoms with E-state index in [1.165, 1.54) is 6.20 Å². The fraction of sp³-hybridized carbons (Fsp3) is 0.353. The highest BCUT2D eigenvalue weighted by molar-refractivity contribution is 5.75. The molecule has 1 amide bonds. The van der Waals surface area contributed by atoms with E-state index in [4.69, 9.17) is 5.11 Å². The van der Waals surface area contributed by atoms with Crippen LogP contribution in [0.2, 0.25) is 0 Å². The normalized spacial score (nSPS) is 11.3. The maximum absolute atomic E-state index is 12.6. The molecular formula is C17H18F3N3O3. The summed E-state index contributed by atoms with van der Waals surface area (Å²) in [6, 6.07) is 7.51. The molecule has 0 atom stereocenters. The minimum absolute atomic E-state index is 0.0399. The Balaban J connectivity index is 1.83. The highest BCUT2D eigenvalue weighted by atomic mass is 19.4. The molecule has 0 aliphatic heterocycles. The maximum Gasteiger partial charge on any atom is 0.435 e. The minimum Gasteiger partial charge on any atom is -0.481 e. The van der Waals surface area contributed by atoms with Crippen LogP contribution in [-0.4, -0.2) is 26.8 Å². The Labute approximate surface area is 147 Å². The molecule has 2 aromatic rings. The summed E-state index contributed by atoms with van der Waals surface area (Å²) in [5.41, 5.74) is 0.303. The van der Waals surface area contributed by atoms with Crippen LogP contribution < -0.4 is 5.32 Å². The Morgan fingerprint density at radius 2 is 1.73 bits per heavy atom. The number of unbranched alkanes of at least 4 members (excludes halogenated alkanes) is 1. The van der Waals surface area contributed by atoms with Crippen molar-refractivity contribution in [3.63, 3.8) is 0 Å². The number of hydrogen-bond acceptors (Lipinski definition) is 3. The summed E-state index contributed by atoms with van der Waals surface area (Å²) in [5, 5.41) is 14.7. The van der Waals surface area contributed by atoms with Gasteiger partial charge in [-0.05, 0) is 36.6 Å². The molecular weight excluding hydrogens is 351 g/mol. The van der Waals surface area contributed by atoms with Gasteiger partial charge in [-0.1, -0.05) is 12.1 Å². The molecule has 0 spiro atoms. The van der Waals surface area contributed by atoms with Crippen LogP contribution >= 0.6 is 0 Å². The Kier molecular flexibility index (Phi) is 6.37. The summed E-state index contributed by atoms with van der Waals surface area (Å²) < 4.78 is 38.8. The Bertz CT molecular complexity index is 755. The maximum atomic E-state index is 12.6. The number of nitrogens with zero attached hydrogens (tertiary/aromatic N) is 2. The van der Waals surface area contributed by atoms with E-state index in [0.717, 1.165) is 16.3 Å². The van der Waals surface area contributed by atoms with Gasteiger partial charge in [0.25, 0.3) is 0 Å². The van der Waals surface area contributed by atoms with Crippen LogP contribution in [0.4, 0.5) is 13.2 Å². The van der Waals surface area contributed by atoms with Crippen molar-refractivity contribution in [1.82, 2.24) is 15.1 Å². The standard InChI is InChI=1S/C17H18F3N3O3/c18-17(19,20)14-9-10-23(22-14)13-7-5-12(6-8-13)11-21-15(24)3-1-2-4-16(25)26/h5-10H,1-4,11H2,(H,21,24)(H,25,26). The molecule has 0 unspecified atom stereocenters. The van der Waals surface area contributed by atoms with Gasteiger partial charge < -0.3 is 10.4 Å². The Morgan fingerprint density at radius 1 is 1.08 bits per heavy atom. The molecule has 140 valence electrons. The third-order valence-corrected chi connectivity index (χ3v) is 3.61. The largest absolute Gasteiger partial charge is 0.481 e. The number of rotatable bonds is 8. The first-order valence-corrected chi connectivity index (χ1v) is 7.96. The topological polar surface area (TPSA) is 84.2 Å². The van der Waals surface area contributed by atoms with Crippen LogP contribution in [0.5, 0.6) is 0 Å². The van der Waals surface area contributed by atoms with Crippen molar-refractivity contribution in [3.05, 3.63) is 47.8 Å². The molecule has 0 saturated heterocycles. The number of aromatic nitrogens is 2. The molecule has 2 N–H and O–H groups in total. The number of carboxylic acids is 1. The van der Waals surface area contributed by atoms with Crippen LogP contribution in [0.3, 0.4) is 0 Å². The second-order valence-electron chi connectivity index (χ2n) is 5.69. The fourth-order valence-electron chi connectivity index (χ4n) is 2.24. The first-order chi connectivity index (χ1) is 12.3. The Hall–Kier alpha value is -2.84. The third kappa shape index (κ3) is 5.91. The van der Waals surface area contributed by atoms with Gasteiger partial charge in [0.05, 0.1) is 5.69 Å². The van der Waals surface area contributed by atoms with Crippen LogP contribution in [0.15, 0.2) is 36.5 Å². The van der Waals surface area contributed by atoms with Crippen LogP contribution in [0, 0.1) is 0 Å². The monoisotopic (exact) mass is 369 g/mol. The number of amides is 1. The van der Waals surface area contributed by atoms with E-state index < -0.39 is 17.8 Å². The zero-order valence-corrected chi connectivity index (χ0v) is 13.8. The van der Waals surface area contributed by atoms with Gasteiger partial charge in [0.1, 0.15) is 0 Å². The number of carbonyl (C=O) groups excluding carboxylic acids is 1. The summed E-state index contributed by atoms with van der Waals surface area (Å²) >= 11 is 0. The number of hydrogen-bond donors (Lipinski definition) is 2. The lowest BCUT2D eigenvalue weighted by Gasteiger charge is -2.07. The lowest BCUT2D eigenvalue weighted by atomic mass is 10.1. The molecule has 0 fully saturated rings. The van der Waals surface area contributed by atoms with Crippen molar-refractivity contribution in [2.24, 2.45) is 0 Å². The van der Waals surface area contributed by atoms with E-state index in [9.17, 15) is 22.8 Å². The SMILES string of the molecule is O=C(O)CCCCC(=O)NCc1ccc(-n2ccc(C(F)(F)F)n2)cc1. The van der Waals surface area contributed by atoms with Gasteiger partial charge in [0, 0.05) is 25.6 Å². The zero-order chi connectivity index (χ0) is 19.2. The van der Waals surface area contributed by atoms with Crippen molar-refractivity contribution in [3.8, 4) is 5.69 Å². The molecule has 1 aromatic carbocycles. The van der Waals surface area contributed by atoms with Crippen LogP contribution in [0.1, 0.15) is 36.9 Å². The summed E-state index contributed by atoms with van der Waals surface area (Å²) in [7, 11) is 0. The average molecular weight is 369 g/mol. The van der Waals surface area contributed by atoms with E-state index in [1.807, 2.05) is 0 Å². The number of nitrogens with one attached hydrogen (secondary N) is 1. The number of alkyl halides is 3. The van der Waals surface area contributed by atoms with Crippen LogP contribution in [0.25, 0.3) is 5.69 Å². The predicted octanol–water partition coefficient (Wildman–Crippen LogP) is 3.15. The number of carbonyl (C=O) groups is 2. The molecule has 9 heteroatoms. The smallest absolute Gasteiger partial charge is 0.435 e. The quantitative estimate of drug-likeness (QED) is 0.700. The van der Waals surface area contributed by atoms with Crippen molar-refractivity contribution in [2.75, 3.05) is 0 Å². The zero-order valence-electron chi connectivity index (χ0n) is 13.8. The minimum atomic E-state index is -4.49. The number of carboxylic acid groups (broad SMARTS) is 1. The molecule has 1 aromatic heterocycles. The first kappa shape index (κ1) is 19.5. The van der Waals surface area contributed by atoms with Crippen molar-refractivity contribution in [2.45, 2.75) is 38.4 Å². The van der Waals surface area contributed by atoms with Gasteiger partial charge in [-0.15, -0.1) is 0 Å². The predicted molar refractivity (Wildman–Crippen MR) is 86.5 cm³/mol. The first-order valence-electron chi connectivity index (χ1n) is 7.96. The van der Waals surface area contributed by atoms with Crippen molar-refractivity contribution < 1.29 is 27.9 Å². The second-order valence-corrected chi connectivity index (χ2v) is 5.69. The number of benzene rings is 1. The van der Waals surface area contributed by atoms with Crippen molar-refractivity contribution in [1.29, 1.82) is 0 Å². The molecule has 26 heavy (non-hydrogen) atoms. The Morgan fingerprint density at radius 3 is 2.31 bits per heavy atom. The van der Waals surface area contributed by atoms with E-state index in [1.54, 1.807) is 24.3 Å². The lowest BCUT2D eigenvalue weighted by Crippen LogP contribution is -2.22. The highest BCUT2D eigenvalue weighted by Crippen LogP contribution is 2.27. The third-order valence-electron chi connectivity index (χ3n) is 3.61. The second kappa shape index (κ2) is 8.50. The molecule has 1 heterocycles. The highest BCUT2D eigenvalue weighted by Gasteiger charge is 2.33. The lowest BCUT2D eigenvalue weighted by molar-refractivity contribution is -0.141. The van der Waals surface area contributed by atoms with E-state index >= 15 is 0 Å². The summed E-state index contributed by atoms with van der Waals surface area (Å²) in [6.07, 6.45) is -2.02. The number of aliphatic carboxylic acids is 1. The van der Waals surface area contributed by atoms with Gasteiger partial charge in [-0.25, -0.2) is 4.68 Å². The molecule has 0 saturated carbocycles. The summed E-state index contributed by atoms with van der Waals surface area (Å²) in [6.45, 7) is 0.283. The number of halogens is 3. The molecule has 6 nitrogen and oxygen atoms in total. The van der Waals surface area contributed by atoms with Gasteiger partial charge in [-0.2, -0.15) is 18.3 Å². The molecule has 0 radical (unpaired) electrons. The molecule has 0 aliphatic carbocycles. The van der Waals surface area contributed by atoms with Gasteiger partial charge in [-0.3, -0.25) is 9.59 Å². The summed E-state index contributed by atoms with van der Waals surface area (Å²) in [5.74, 6) is -1.06. The summed E-state index contributed by atoms with van der Waals surface area (Å²) in [4.78, 5) is 22.0. The van der Waals surface area contributed by atoms with Crippen molar-refractivity contribution >= 4 is 11.9 Å². The average Bonchev–Trinajstić information content (AvgIpc) is 3.07. The van der Waals surface area contributed by atoms with E-state index in [2.05, 4.69) is 10.4 Å². The molecule has 2 rings (SSSR count). The van der Waals surface area contributed by atoms with Gasteiger partial charge in [0.2, 0.25) is 5.91 Å². The van der Waals surface area contributed by atoms with Gasteiger partial charge >= 0.3 is 12.1 Å². The fourth-order valence-corrected chi connectivity index (χ4v) is 2.24. The van der Waals surface area contributed by atoms with Crippen LogP contribution in [-0.2, 0) is 22.3 Å². The van der Waals surface area contributed by atoms with E-state index in [0.29, 0.717) is 18.5 Å². The molecule has 0 bridgehead atoms. The van der Waals surface area contributed by atoms with E-state index in [-0.39, 0.29) is 25.3 Å². The molecule has 0 aliphatic rings.